The van der Waals surface area contributed by atoms with Crippen LogP contribution >= 0.6 is 11.3 Å². The van der Waals surface area contributed by atoms with E-state index in [2.05, 4.69) is 17.3 Å². The Labute approximate surface area is 65.1 Å². The molecule has 0 aliphatic heterocycles. The fourth-order valence-corrected chi connectivity index (χ4v) is 1.55. The van der Waals surface area contributed by atoms with E-state index in [1.807, 2.05) is 6.92 Å². The summed E-state index contributed by atoms with van der Waals surface area (Å²) < 4.78 is 0. The highest BCUT2D eigenvalue weighted by Crippen LogP contribution is 2.15. The zero-order valence-electron chi connectivity index (χ0n) is 6.29. The zero-order chi connectivity index (χ0) is 7.56. The summed E-state index contributed by atoms with van der Waals surface area (Å²) in [7, 11) is 0. The van der Waals surface area contributed by atoms with Crippen molar-refractivity contribution < 1.29 is 0 Å². The van der Waals surface area contributed by atoms with Crippen LogP contribution in [0.2, 0.25) is 0 Å². The first kappa shape index (κ1) is 7.69. The van der Waals surface area contributed by atoms with Crippen LogP contribution < -0.4 is 5.73 Å². The number of nitrogens with two attached hydrogens (primary N) is 1. The van der Waals surface area contributed by atoms with Crippen LogP contribution in [-0.4, -0.2) is 4.98 Å². The Hall–Kier alpha value is -0.410. The summed E-state index contributed by atoms with van der Waals surface area (Å²) in [5, 5.41) is 3.11. The molecule has 1 rings (SSSR count). The Balaban J connectivity index is 2.78. The Bertz CT molecular complexity index is 205. The lowest BCUT2D eigenvalue weighted by Gasteiger charge is -1.95. The topological polar surface area (TPSA) is 38.9 Å². The summed E-state index contributed by atoms with van der Waals surface area (Å²) in [6.07, 6.45) is 1.00. The summed E-state index contributed by atoms with van der Waals surface area (Å²) in [5.41, 5.74) is 6.78. The van der Waals surface area contributed by atoms with E-state index in [1.54, 1.807) is 11.3 Å². The van der Waals surface area contributed by atoms with Gasteiger partial charge in [-0.05, 0) is 13.3 Å². The number of hydrogen-bond donors (Lipinski definition) is 1. The fraction of sp³-hybridized carbons (Fsp3) is 0.571. The van der Waals surface area contributed by atoms with Gasteiger partial charge in [-0.25, -0.2) is 4.98 Å². The second kappa shape index (κ2) is 3.12. The highest BCUT2D eigenvalue weighted by atomic mass is 32.1. The molecule has 0 saturated carbocycles. The Morgan fingerprint density at radius 3 is 2.80 bits per heavy atom. The first-order valence-electron chi connectivity index (χ1n) is 3.44. The molecule has 1 aromatic rings. The third-order valence-electron chi connectivity index (χ3n) is 1.32. The van der Waals surface area contributed by atoms with Crippen LogP contribution in [0.3, 0.4) is 0 Å². The van der Waals surface area contributed by atoms with Gasteiger partial charge in [0.2, 0.25) is 0 Å². The van der Waals surface area contributed by atoms with E-state index in [4.69, 9.17) is 5.73 Å². The third kappa shape index (κ3) is 1.55. The highest BCUT2D eigenvalue weighted by molar-refractivity contribution is 7.09. The smallest absolute Gasteiger partial charge is 0.109 e. The van der Waals surface area contributed by atoms with E-state index in [-0.39, 0.29) is 6.04 Å². The molecule has 0 unspecified atom stereocenters. The third-order valence-corrected chi connectivity index (χ3v) is 2.42. The molecular formula is C7H12N2S. The number of thiazole rings is 1. The average Bonchev–Trinajstić information content (AvgIpc) is 2.34. The van der Waals surface area contributed by atoms with E-state index in [0.29, 0.717) is 0 Å². The van der Waals surface area contributed by atoms with Gasteiger partial charge < -0.3 is 5.73 Å². The molecule has 0 aromatic carbocycles. The number of aromatic nitrogens is 1. The quantitative estimate of drug-likeness (QED) is 0.708. The Morgan fingerprint density at radius 1 is 1.80 bits per heavy atom. The molecule has 1 aromatic heterocycles. The minimum Gasteiger partial charge on any atom is -0.322 e. The number of rotatable bonds is 2. The van der Waals surface area contributed by atoms with Gasteiger partial charge in [-0.15, -0.1) is 11.3 Å². The molecule has 3 heteroatoms. The predicted molar refractivity (Wildman–Crippen MR) is 44.1 cm³/mol. The zero-order valence-corrected chi connectivity index (χ0v) is 7.11. The molecular weight excluding hydrogens is 144 g/mol. The van der Waals surface area contributed by atoms with Crippen LogP contribution in [0.4, 0.5) is 0 Å². The number of hydrogen-bond acceptors (Lipinski definition) is 3. The minimum atomic E-state index is 0.0882. The molecule has 0 spiro atoms. The van der Waals surface area contributed by atoms with Crippen molar-refractivity contribution in [2.24, 2.45) is 5.73 Å². The molecule has 56 valence electrons. The molecule has 0 radical (unpaired) electrons. The molecule has 1 atom stereocenters. The van der Waals surface area contributed by atoms with Crippen LogP contribution in [0.5, 0.6) is 0 Å². The molecule has 0 saturated heterocycles. The van der Waals surface area contributed by atoms with Gasteiger partial charge in [-0.3, -0.25) is 0 Å². The van der Waals surface area contributed by atoms with E-state index >= 15 is 0 Å². The Morgan fingerprint density at radius 2 is 2.50 bits per heavy atom. The van der Waals surface area contributed by atoms with E-state index in [9.17, 15) is 0 Å². The first-order valence-corrected chi connectivity index (χ1v) is 4.32. The van der Waals surface area contributed by atoms with Crippen molar-refractivity contribution in [3.63, 3.8) is 0 Å². The largest absolute Gasteiger partial charge is 0.322 e. The summed E-state index contributed by atoms with van der Waals surface area (Å²) in [6.45, 7) is 4.05. The molecule has 2 N–H and O–H groups in total. The monoisotopic (exact) mass is 156 g/mol. The first-order chi connectivity index (χ1) is 4.74. The molecule has 0 aliphatic carbocycles. The second-order valence-corrected chi connectivity index (χ2v) is 3.21. The lowest BCUT2D eigenvalue weighted by atomic mass is 10.3. The van der Waals surface area contributed by atoms with Crippen molar-refractivity contribution in [2.75, 3.05) is 0 Å². The lowest BCUT2D eigenvalue weighted by Crippen LogP contribution is -2.04. The SMILES string of the molecule is CCc1csc([C@@H](C)N)n1. The van der Waals surface area contributed by atoms with Crippen molar-refractivity contribution >= 4 is 11.3 Å². The van der Waals surface area contributed by atoms with Crippen molar-refractivity contribution in [1.29, 1.82) is 0 Å². The van der Waals surface area contributed by atoms with E-state index in [1.165, 1.54) is 0 Å². The molecule has 10 heavy (non-hydrogen) atoms. The van der Waals surface area contributed by atoms with E-state index in [0.717, 1.165) is 17.1 Å². The lowest BCUT2D eigenvalue weighted by molar-refractivity contribution is 0.798. The maximum absolute atomic E-state index is 5.63. The summed E-state index contributed by atoms with van der Waals surface area (Å²) in [5.74, 6) is 0. The van der Waals surface area contributed by atoms with Crippen LogP contribution in [-0.2, 0) is 6.42 Å². The molecule has 0 bridgehead atoms. The highest BCUT2D eigenvalue weighted by Gasteiger charge is 2.03. The number of nitrogens with zero attached hydrogens (tertiary/aromatic N) is 1. The normalized spacial score (nSPS) is 13.5. The number of aryl methyl sites for hydroxylation is 1. The van der Waals surface area contributed by atoms with Crippen LogP contribution in [0.1, 0.15) is 30.6 Å². The maximum Gasteiger partial charge on any atom is 0.109 e. The van der Waals surface area contributed by atoms with Crippen molar-refractivity contribution in [3.8, 4) is 0 Å². The van der Waals surface area contributed by atoms with Gasteiger partial charge in [0.15, 0.2) is 0 Å². The van der Waals surface area contributed by atoms with Gasteiger partial charge in [0.05, 0.1) is 11.7 Å². The van der Waals surface area contributed by atoms with Crippen LogP contribution in [0.25, 0.3) is 0 Å². The van der Waals surface area contributed by atoms with Gasteiger partial charge in [-0.2, -0.15) is 0 Å². The molecule has 0 aliphatic rings. The van der Waals surface area contributed by atoms with Gasteiger partial charge in [-0.1, -0.05) is 6.92 Å². The summed E-state index contributed by atoms with van der Waals surface area (Å²) in [6, 6.07) is 0.0882. The molecule has 0 fully saturated rings. The van der Waals surface area contributed by atoms with Gasteiger partial charge in [0, 0.05) is 5.38 Å². The van der Waals surface area contributed by atoms with Crippen LogP contribution in [0, 0.1) is 0 Å². The standard InChI is InChI=1S/C7H12N2S/c1-3-6-4-10-7(9-6)5(2)8/h4-5H,3,8H2,1-2H3/t5-/m1/s1. The fourth-order valence-electron chi connectivity index (χ4n) is 0.694. The Kier molecular flexibility index (Phi) is 2.40. The average molecular weight is 156 g/mol. The summed E-state index contributed by atoms with van der Waals surface area (Å²) in [4.78, 5) is 4.32. The predicted octanol–water partition coefficient (Wildman–Crippen LogP) is 1.73. The van der Waals surface area contributed by atoms with Crippen molar-refractivity contribution in [3.05, 3.63) is 16.1 Å². The molecule has 2 nitrogen and oxygen atoms in total. The van der Waals surface area contributed by atoms with Crippen molar-refractivity contribution in [1.82, 2.24) is 4.98 Å². The summed E-state index contributed by atoms with van der Waals surface area (Å²) >= 11 is 1.65. The van der Waals surface area contributed by atoms with E-state index < -0.39 is 0 Å². The molecule has 1 heterocycles. The van der Waals surface area contributed by atoms with Crippen LogP contribution in [0.15, 0.2) is 5.38 Å². The van der Waals surface area contributed by atoms with Gasteiger partial charge >= 0.3 is 0 Å². The van der Waals surface area contributed by atoms with Gasteiger partial charge in [0.25, 0.3) is 0 Å². The second-order valence-electron chi connectivity index (χ2n) is 2.32. The van der Waals surface area contributed by atoms with Crippen molar-refractivity contribution in [2.45, 2.75) is 26.3 Å². The maximum atomic E-state index is 5.63. The minimum absolute atomic E-state index is 0.0882. The molecule has 0 amide bonds. The van der Waals surface area contributed by atoms with Gasteiger partial charge in [0.1, 0.15) is 5.01 Å².